The van der Waals surface area contributed by atoms with Gasteiger partial charge in [-0.2, -0.15) is 0 Å². The number of nitrogens with zero attached hydrogens (tertiary/aromatic N) is 1. The minimum Gasteiger partial charge on any atom is -0.496 e. The van der Waals surface area contributed by atoms with E-state index in [9.17, 15) is 8.42 Å². The fourth-order valence-electron chi connectivity index (χ4n) is 3.93. The topological polar surface area (TPSA) is 62.4 Å². The molecule has 1 aliphatic heterocycles. The zero-order valence-electron chi connectivity index (χ0n) is 17.1. The number of piperidine rings is 1. The minimum absolute atomic E-state index is 0. The van der Waals surface area contributed by atoms with Crippen molar-refractivity contribution < 1.29 is 13.2 Å². The average Bonchev–Trinajstić information content (AvgIpc) is 3.13. The molecule has 0 aliphatic carbocycles. The standard InChI is InChI=1S/C21H30N2O3S.ClH/c1-5-27(24,25)18-10-12-21(26-4)19(13-18)20-11-9-17(22-20)14-23-15(2)7-6-8-16(23)3;/h9-13,15-16,22H,5-8,14H2,1-4H3;1H/t15-,16+;. The molecule has 0 spiro atoms. The Morgan fingerprint density at radius 3 is 2.43 bits per heavy atom. The van der Waals surface area contributed by atoms with Crippen LogP contribution in [0.1, 0.15) is 45.7 Å². The van der Waals surface area contributed by atoms with Crippen molar-refractivity contribution in [2.24, 2.45) is 0 Å². The van der Waals surface area contributed by atoms with E-state index < -0.39 is 9.84 Å². The zero-order chi connectivity index (χ0) is 19.6. The highest BCUT2D eigenvalue weighted by Gasteiger charge is 2.25. The molecule has 2 aromatic rings. The highest BCUT2D eigenvalue weighted by atomic mass is 35.5. The summed E-state index contributed by atoms with van der Waals surface area (Å²) in [5, 5.41) is 0. The summed E-state index contributed by atoms with van der Waals surface area (Å²) in [5.41, 5.74) is 2.79. The molecule has 0 saturated carbocycles. The van der Waals surface area contributed by atoms with Crippen molar-refractivity contribution >= 4 is 22.2 Å². The number of H-pyrrole nitrogens is 1. The molecule has 7 heteroatoms. The van der Waals surface area contributed by atoms with Gasteiger partial charge in [0.2, 0.25) is 0 Å². The smallest absolute Gasteiger partial charge is 0.178 e. The van der Waals surface area contributed by atoms with Crippen LogP contribution < -0.4 is 4.74 Å². The van der Waals surface area contributed by atoms with E-state index in [4.69, 9.17) is 4.74 Å². The van der Waals surface area contributed by atoms with Gasteiger partial charge in [0.15, 0.2) is 9.84 Å². The molecule has 5 nitrogen and oxygen atoms in total. The van der Waals surface area contributed by atoms with Crippen LogP contribution in [0.15, 0.2) is 35.2 Å². The number of ether oxygens (including phenoxy) is 1. The second-order valence-electron chi connectivity index (χ2n) is 7.46. The SMILES string of the molecule is CCS(=O)(=O)c1ccc(OC)c(-c2ccc(CN3[C@H](C)CCC[C@@H]3C)[nH]2)c1.Cl. The molecule has 2 heterocycles. The Kier molecular flexibility index (Phi) is 7.59. The van der Waals surface area contributed by atoms with Gasteiger partial charge in [0, 0.05) is 35.6 Å². The third-order valence-electron chi connectivity index (χ3n) is 5.68. The van der Waals surface area contributed by atoms with E-state index in [1.165, 1.54) is 19.3 Å². The predicted molar refractivity (Wildman–Crippen MR) is 116 cm³/mol. The molecule has 1 fully saturated rings. The molecule has 1 aliphatic rings. The summed E-state index contributed by atoms with van der Waals surface area (Å²) in [7, 11) is -1.66. The van der Waals surface area contributed by atoms with Crippen molar-refractivity contribution in [1.29, 1.82) is 0 Å². The molecule has 1 saturated heterocycles. The third kappa shape index (κ3) is 4.73. The van der Waals surface area contributed by atoms with Crippen LogP contribution in [0.5, 0.6) is 5.75 Å². The molecule has 3 rings (SSSR count). The summed E-state index contributed by atoms with van der Waals surface area (Å²) in [4.78, 5) is 6.34. The molecule has 0 amide bonds. The van der Waals surface area contributed by atoms with Crippen LogP contribution in [0.4, 0.5) is 0 Å². The number of halogens is 1. The Bertz CT molecular complexity index is 885. The number of methoxy groups -OCH3 is 1. The summed E-state index contributed by atoms with van der Waals surface area (Å²) in [6, 6.07) is 10.3. The second-order valence-corrected chi connectivity index (χ2v) is 9.74. The lowest BCUT2D eigenvalue weighted by Crippen LogP contribution is -2.43. The summed E-state index contributed by atoms with van der Waals surface area (Å²) in [6.07, 6.45) is 3.77. The van der Waals surface area contributed by atoms with Gasteiger partial charge in [-0.15, -0.1) is 12.4 Å². The first-order valence-corrected chi connectivity index (χ1v) is 11.4. The number of rotatable bonds is 6. The maximum atomic E-state index is 12.3. The molecular formula is C21H31ClN2O3S. The number of sulfone groups is 1. The van der Waals surface area contributed by atoms with Gasteiger partial charge in [0.05, 0.1) is 17.8 Å². The molecule has 2 atom stereocenters. The first-order valence-electron chi connectivity index (χ1n) is 9.70. The molecule has 156 valence electrons. The first kappa shape index (κ1) is 22.8. The van der Waals surface area contributed by atoms with Crippen molar-refractivity contribution in [3.05, 3.63) is 36.0 Å². The molecule has 1 aromatic carbocycles. The monoisotopic (exact) mass is 426 g/mol. The van der Waals surface area contributed by atoms with Gasteiger partial charge in [0.25, 0.3) is 0 Å². The highest BCUT2D eigenvalue weighted by Crippen LogP contribution is 2.33. The number of nitrogens with one attached hydrogen (secondary N) is 1. The molecule has 1 N–H and O–H groups in total. The van der Waals surface area contributed by atoms with Gasteiger partial charge < -0.3 is 9.72 Å². The summed E-state index contributed by atoms with van der Waals surface area (Å²) in [6.45, 7) is 7.12. The number of likely N-dealkylation sites (tertiary alicyclic amines) is 1. The fourth-order valence-corrected chi connectivity index (χ4v) is 4.84. The maximum Gasteiger partial charge on any atom is 0.178 e. The Labute approximate surface area is 174 Å². The van der Waals surface area contributed by atoms with Crippen molar-refractivity contribution in [3.63, 3.8) is 0 Å². The predicted octanol–water partition coefficient (Wildman–Crippen LogP) is 4.67. The Hall–Kier alpha value is -1.50. The van der Waals surface area contributed by atoms with E-state index in [0.717, 1.165) is 23.5 Å². The van der Waals surface area contributed by atoms with Gasteiger partial charge in [-0.25, -0.2) is 8.42 Å². The van der Waals surface area contributed by atoms with Crippen molar-refractivity contribution in [2.45, 2.75) is 63.6 Å². The first-order chi connectivity index (χ1) is 12.9. The van der Waals surface area contributed by atoms with Crippen LogP contribution in [0.25, 0.3) is 11.3 Å². The highest BCUT2D eigenvalue weighted by molar-refractivity contribution is 7.91. The van der Waals surface area contributed by atoms with E-state index in [0.29, 0.717) is 22.7 Å². The summed E-state index contributed by atoms with van der Waals surface area (Å²) < 4.78 is 30.0. The largest absolute Gasteiger partial charge is 0.496 e. The molecule has 1 aromatic heterocycles. The normalized spacial score (nSPS) is 20.6. The van der Waals surface area contributed by atoms with Crippen molar-refractivity contribution in [1.82, 2.24) is 9.88 Å². The number of hydrogen-bond acceptors (Lipinski definition) is 4. The van der Waals surface area contributed by atoms with E-state index in [1.807, 2.05) is 6.07 Å². The lowest BCUT2D eigenvalue weighted by atomic mass is 9.97. The zero-order valence-corrected chi connectivity index (χ0v) is 18.7. The van der Waals surface area contributed by atoms with Crippen molar-refractivity contribution in [2.75, 3.05) is 12.9 Å². The minimum atomic E-state index is -3.26. The summed E-state index contributed by atoms with van der Waals surface area (Å²) >= 11 is 0. The number of hydrogen-bond donors (Lipinski definition) is 1. The lowest BCUT2D eigenvalue weighted by Gasteiger charge is -2.38. The van der Waals surface area contributed by atoms with Gasteiger partial charge in [-0.3, -0.25) is 4.90 Å². The Morgan fingerprint density at radius 1 is 1.14 bits per heavy atom. The van der Waals surface area contributed by atoms with E-state index in [2.05, 4.69) is 29.8 Å². The van der Waals surface area contributed by atoms with E-state index >= 15 is 0 Å². The number of aromatic nitrogens is 1. The van der Waals surface area contributed by atoms with Crippen LogP contribution in [0.3, 0.4) is 0 Å². The number of benzene rings is 1. The molecule has 0 radical (unpaired) electrons. The lowest BCUT2D eigenvalue weighted by molar-refractivity contribution is 0.0940. The van der Waals surface area contributed by atoms with Gasteiger partial charge in [-0.05, 0) is 57.0 Å². The van der Waals surface area contributed by atoms with Gasteiger partial charge in [-0.1, -0.05) is 13.3 Å². The Balaban J connectivity index is 0.00000280. The van der Waals surface area contributed by atoms with Crippen molar-refractivity contribution in [3.8, 4) is 17.0 Å². The van der Waals surface area contributed by atoms with Crippen LogP contribution in [0, 0.1) is 0 Å². The molecule has 28 heavy (non-hydrogen) atoms. The quantitative estimate of drug-likeness (QED) is 0.729. The summed E-state index contributed by atoms with van der Waals surface area (Å²) in [5.74, 6) is 0.748. The third-order valence-corrected chi connectivity index (χ3v) is 7.41. The molecule has 0 unspecified atom stereocenters. The molecule has 0 bridgehead atoms. The maximum absolute atomic E-state index is 12.3. The van der Waals surface area contributed by atoms with Crippen LogP contribution in [-0.4, -0.2) is 43.2 Å². The van der Waals surface area contributed by atoms with Crippen LogP contribution >= 0.6 is 12.4 Å². The molecular weight excluding hydrogens is 396 g/mol. The van der Waals surface area contributed by atoms with E-state index in [-0.39, 0.29) is 18.2 Å². The van der Waals surface area contributed by atoms with Crippen LogP contribution in [0.2, 0.25) is 0 Å². The van der Waals surface area contributed by atoms with E-state index in [1.54, 1.807) is 32.2 Å². The van der Waals surface area contributed by atoms with Gasteiger partial charge >= 0.3 is 0 Å². The van der Waals surface area contributed by atoms with Crippen LogP contribution in [-0.2, 0) is 16.4 Å². The average molecular weight is 427 g/mol. The Morgan fingerprint density at radius 2 is 1.82 bits per heavy atom. The second kappa shape index (κ2) is 9.33. The number of aromatic amines is 1. The van der Waals surface area contributed by atoms with Gasteiger partial charge in [0.1, 0.15) is 5.75 Å². The fraction of sp³-hybridized carbons (Fsp3) is 0.524.